The lowest BCUT2D eigenvalue weighted by molar-refractivity contribution is -0.153. The van der Waals surface area contributed by atoms with Crippen LogP contribution in [0.15, 0.2) is 0 Å². The molecule has 0 radical (unpaired) electrons. The maximum Gasteiger partial charge on any atom is 0.319 e. The Morgan fingerprint density at radius 2 is 1.64 bits per heavy atom. The van der Waals surface area contributed by atoms with Crippen LogP contribution in [-0.4, -0.2) is 47.7 Å². The van der Waals surface area contributed by atoms with E-state index < -0.39 is 5.41 Å². The van der Waals surface area contributed by atoms with Crippen molar-refractivity contribution in [1.82, 2.24) is 0 Å². The highest BCUT2D eigenvalue weighted by Crippen LogP contribution is 2.26. The predicted molar refractivity (Wildman–Crippen MR) is 109 cm³/mol. The van der Waals surface area contributed by atoms with E-state index in [1.54, 1.807) is 11.8 Å². The van der Waals surface area contributed by atoms with Crippen LogP contribution in [0.25, 0.3) is 0 Å². The summed E-state index contributed by atoms with van der Waals surface area (Å²) in [5, 5.41) is -0.0484. The Labute approximate surface area is 162 Å². The van der Waals surface area contributed by atoms with Crippen LogP contribution in [0.5, 0.6) is 0 Å². The van der Waals surface area contributed by atoms with E-state index in [1.807, 2.05) is 39.5 Å². The zero-order valence-electron chi connectivity index (χ0n) is 16.8. The minimum absolute atomic E-state index is 0.0484. The monoisotopic (exact) mass is 392 g/mol. The highest BCUT2D eigenvalue weighted by Gasteiger charge is 2.28. The first-order chi connectivity index (χ1) is 11.7. The van der Waals surface area contributed by atoms with Gasteiger partial charge < -0.3 is 9.47 Å². The lowest BCUT2D eigenvalue weighted by Gasteiger charge is -2.21. The molecule has 25 heavy (non-hydrogen) atoms. The number of rotatable bonds is 14. The van der Waals surface area contributed by atoms with Gasteiger partial charge in [-0.2, -0.15) is 11.8 Å². The zero-order valence-corrected chi connectivity index (χ0v) is 18.4. The first-order valence-electron chi connectivity index (χ1n) is 9.27. The maximum absolute atomic E-state index is 12.0. The number of ether oxygens (including phenoxy) is 2. The molecular weight excluding hydrogens is 356 g/mol. The molecule has 0 spiro atoms. The zero-order chi connectivity index (χ0) is 19.3. The summed E-state index contributed by atoms with van der Waals surface area (Å²) < 4.78 is 10.3. The van der Waals surface area contributed by atoms with E-state index in [4.69, 9.17) is 9.47 Å². The summed E-state index contributed by atoms with van der Waals surface area (Å²) in [5.74, 6) is 3.25. The van der Waals surface area contributed by atoms with Gasteiger partial charge in [-0.15, -0.1) is 11.8 Å². The second-order valence-electron chi connectivity index (χ2n) is 7.06. The second-order valence-corrected chi connectivity index (χ2v) is 9.60. The third kappa shape index (κ3) is 11.8. The summed E-state index contributed by atoms with van der Waals surface area (Å²) in [6, 6.07) is 0. The van der Waals surface area contributed by atoms with Crippen LogP contribution in [0, 0.1) is 11.3 Å². The summed E-state index contributed by atoms with van der Waals surface area (Å²) in [5.41, 5.74) is -0.413. The van der Waals surface area contributed by atoms with Gasteiger partial charge in [0.15, 0.2) is 0 Å². The van der Waals surface area contributed by atoms with E-state index in [-0.39, 0.29) is 17.2 Å². The lowest BCUT2D eigenvalue weighted by atomic mass is 9.90. The molecule has 0 heterocycles. The van der Waals surface area contributed by atoms with Crippen molar-refractivity contribution in [3.63, 3.8) is 0 Å². The molecule has 148 valence electrons. The van der Waals surface area contributed by atoms with Crippen molar-refractivity contribution in [3.05, 3.63) is 0 Å². The van der Waals surface area contributed by atoms with Crippen molar-refractivity contribution in [2.45, 2.75) is 66.1 Å². The summed E-state index contributed by atoms with van der Waals surface area (Å²) in [7, 11) is 0. The quantitative estimate of drug-likeness (QED) is 0.313. The Morgan fingerprint density at radius 3 is 2.20 bits per heavy atom. The minimum atomic E-state index is -0.413. The Balaban J connectivity index is 3.95. The SMILES string of the molecule is CCOC(=O)C(CC(C)C)SCCCSCCC(C)(C)C(=O)OCC. The van der Waals surface area contributed by atoms with Gasteiger partial charge in [-0.1, -0.05) is 13.8 Å². The van der Waals surface area contributed by atoms with Crippen molar-refractivity contribution >= 4 is 35.5 Å². The van der Waals surface area contributed by atoms with Crippen molar-refractivity contribution in [2.75, 3.05) is 30.5 Å². The number of hydrogen-bond donors (Lipinski definition) is 0. The third-order valence-corrected chi connectivity index (χ3v) is 6.07. The van der Waals surface area contributed by atoms with Crippen LogP contribution in [-0.2, 0) is 19.1 Å². The summed E-state index contributed by atoms with van der Waals surface area (Å²) in [6.07, 6.45) is 2.75. The third-order valence-electron chi connectivity index (χ3n) is 3.69. The molecule has 0 aliphatic rings. The molecule has 0 saturated carbocycles. The van der Waals surface area contributed by atoms with E-state index in [9.17, 15) is 9.59 Å². The number of esters is 2. The number of carbonyl (C=O) groups excluding carboxylic acids is 2. The molecule has 0 aliphatic heterocycles. The molecule has 0 aromatic heterocycles. The van der Waals surface area contributed by atoms with Gasteiger partial charge in [0.05, 0.1) is 18.6 Å². The molecule has 6 heteroatoms. The normalized spacial score (nSPS) is 12.9. The Kier molecular flexibility index (Phi) is 13.6. The average Bonchev–Trinajstić information content (AvgIpc) is 2.52. The highest BCUT2D eigenvalue weighted by atomic mass is 32.2. The maximum atomic E-state index is 12.0. The van der Waals surface area contributed by atoms with E-state index in [2.05, 4.69) is 13.8 Å². The fraction of sp³-hybridized carbons (Fsp3) is 0.895. The fourth-order valence-corrected chi connectivity index (χ4v) is 4.85. The molecule has 0 N–H and O–H groups in total. The number of thioether (sulfide) groups is 2. The molecular formula is C19H36O4S2. The van der Waals surface area contributed by atoms with Crippen molar-refractivity contribution < 1.29 is 19.1 Å². The fourth-order valence-electron chi connectivity index (χ4n) is 2.14. The summed E-state index contributed by atoms with van der Waals surface area (Å²) in [6.45, 7) is 12.7. The molecule has 1 unspecified atom stereocenters. The van der Waals surface area contributed by atoms with Gasteiger partial charge in [0.1, 0.15) is 5.25 Å². The van der Waals surface area contributed by atoms with Gasteiger partial charge in [-0.3, -0.25) is 9.59 Å². The Morgan fingerprint density at radius 1 is 1.00 bits per heavy atom. The van der Waals surface area contributed by atoms with Gasteiger partial charge in [-0.25, -0.2) is 0 Å². The first-order valence-corrected chi connectivity index (χ1v) is 11.5. The smallest absolute Gasteiger partial charge is 0.319 e. The van der Waals surface area contributed by atoms with Gasteiger partial charge in [0, 0.05) is 0 Å². The minimum Gasteiger partial charge on any atom is -0.466 e. The average molecular weight is 393 g/mol. The largest absolute Gasteiger partial charge is 0.466 e. The molecule has 0 aromatic rings. The van der Waals surface area contributed by atoms with Crippen molar-refractivity contribution in [1.29, 1.82) is 0 Å². The van der Waals surface area contributed by atoms with Gasteiger partial charge in [0.25, 0.3) is 0 Å². The van der Waals surface area contributed by atoms with Crippen LogP contribution in [0.2, 0.25) is 0 Å². The van der Waals surface area contributed by atoms with Crippen LogP contribution in [0.4, 0.5) is 0 Å². The number of hydrogen-bond acceptors (Lipinski definition) is 6. The molecule has 0 bridgehead atoms. The van der Waals surface area contributed by atoms with Crippen LogP contribution >= 0.6 is 23.5 Å². The highest BCUT2D eigenvalue weighted by molar-refractivity contribution is 8.01. The molecule has 0 fully saturated rings. The van der Waals surface area contributed by atoms with E-state index in [0.717, 1.165) is 36.5 Å². The summed E-state index contributed by atoms with van der Waals surface area (Å²) in [4.78, 5) is 23.8. The molecule has 0 saturated heterocycles. The van der Waals surface area contributed by atoms with Crippen LogP contribution in [0.3, 0.4) is 0 Å². The molecule has 0 amide bonds. The van der Waals surface area contributed by atoms with E-state index in [1.165, 1.54) is 0 Å². The topological polar surface area (TPSA) is 52.6 Å². The van der Waals surface area contributed by atoms with Crippen molar-refractivity contribution in [3.8, 4) is 0 Å². The lowest BCUT2D eigenvalue weighted by Crippen LogP contribution is -2.27. The van der Waals surface area contributed by atoms with Crippen molar-refractivity contribution in [2.24, 2.45) is 11.3 Å². The van der Waals surface area contributed by atoms with Gasteiger partial charge in [-0.05, 0) is 70.1 Å². The second kappa shape index (κ2) is 13.8. The van der Waals surface area contributed by atoms with Crippen LogP contribution < -0.4 is 0 Å². The van der Waals surface area contributed by atoms with Crippen LogP contribution in [0.1, 0.15) is 60.8 Å². The molecule has 1 atom stereocenters. The predicted octanol–water partition coefficient (Wildman–Crippen LogP) is 4.80. The number of carbonyl (C=O) groups is 2. The van der Waals surface area contributed by atoms with E-state index in [0.29, 0.717) is 19.1 Å². The summed E-state index contributed by atoms with van der Waals surface area (Å²) >= 11 is 3.57. The molecule has 0 aromatic carbocycles. The standard InChI is InChI=1S/C19H36O4S2/c1-7-22-17(20)16(14-15(3)4)25-12-9-11-24-13-10-19(5,6)18(21)23-8-2/h15-16H,7-14H2,1-6H3. The Bertz CT molecular complexity index is 384. The molecule has 0 rings (SSSR count). The van der Waals surface area contributed by atoms with Gasteiger partial charge in [0.2, 0.25) is 0 Å². The first kappa shape index (κ1) is 24.6. The van der Waals surface area contributed by atoms with E-state index >= 15 is 0 Å². The Hall–Kier alpha value is -0.360. The van der Waals surface area contributed by atoms with Gasteiger partial charge >= 0.3 is 11.9 Å². The molecule has 0 aliphatic carbocycles. The molecule has 4 nitrogen and oxygen atoms in total.